The van der Waals surface area contributed by atoms with Crippen LogP contribution in [0.2, 0.25) is 0 Å². The SMILES string of the molecule is COCCOc1nc(N)c2c(n1)N(Cc1ccc(CN3CCN(C4CCCC4)CC3)cc1)C(=O)C2. The molecule has 3 aliphatic rings. The summed E-state index contributed by atoms with van der Waals surface area (Å²) in [6.45, 7) is 6.78. The summed E-state index contributed by atoms with van der Waals surface area (Å²) in [5.74, 6) is 0.806. The topological polar surface area (TPSA) is 97.0 Å². The molecule has 9 nitrogen and oxygen atoms in total. The third-order valence-electron chi connectivity index (χ3n) is 7.42. The first-order valence-corrected chi connectivity index (χ1v) is 12.7. The molecule has 0 atom stereocenters. The minimum Gasteiger partial charge on any atom is -0.461 e. The molecule has 188 valence electrons. The lowest BCUT2D eigenvalue weighted by Gasteiger charge is -2.38. The second-order valence-corrected chi connectivity index (χ2v) is 9.76. The van der Waals surface area contributed by atoms with Crippen molar-refractivity contribution >= 4 is 17.5 Å². The number of rotatable bonds is 9. The van der Waals surface area contributed by atoms with E-state index in [4.69, 9.17) is 15.2 Å². The number of anilines is 2. The van der Waals surface area contributed by atoms with Gasteiger partial charge in [-0.05, 0) is 24.0 Å². The van der Waals surface area contributed by atoms with Crippen molar-refractivity contribution in [3.63, 3.8) is 0 Å². The molecule has 1 aliphatic carbocycles. The molecule has 9 heteroatoms. The number of amides is 1. The second kappa shape index (κ2) is 10.9. The summed E-state index contributed by atoms with van der Waals surface area (Å²) in [4.78, 5) is 28.3. The van der Waals surface area contributed by atoms with E-state index in [1.54, 1.807) is 12.0 Å². The molecule has 0 spiro atoms. The van der Waals surface area contributed by atoms with Crippen molar-refractivity contribution in [2.75, 3.05) is 57.1 Å². The van der Waals surface area contributed by atoms with Crippen molar-refractivity contribution in [1.82, 2.24) is 19.8 Å². The largest absolute Gasteiger partial charge is 0.461 e. The summed E-state index contributed by atoms with van der Waals surface area (Å²) in [6.07, 6.45) is 5.77. The van der Waals surface area contributed by atoms with Crippen LogP contribution in [0.4, 0.5) is 11.6 Å². The zero-order valence-electron chi connectivity index (χ0n) is 20.6. The monoisotopic (exact) mass is 480 g/mol. The van der Waals surface area contributed by atoms with E-state index in [2.05, 4.69) is 44.0 Å². The van der Waals surface area contributed by atoms with Crippen LogP contribution in [0.3, 0.4) is 0 Å². The van der Waals surface area contributed by atoms with E-state index in [1.165, 1.54) is 44.3 Å². The van der Waals surface area contributed by atoms with E-state index in [1.807, 2.05) is 0 Å². The lowest BCUT2D eigenvalue weighted by Crippen LogP contribution is -2.49. The van der Waals surface area contributed by atoms with Crippen molar-refractivity contribution in [3.05, 3.63) is 41.0 Å². The Bertz CT molecular complexity index is 1020. The van der Waals surface area contributed by atoms with Crippen molar-refractivity contribution in [2.45, 2.75) is 51.2 Å². The third kappa shape index (κ3) is 5.58. The normalized spacial score (nSPS) is 19.5. The van der Waals surface area contributed by atoms with Gasteiger partial charge in [0.2, 0.25) is 5.91 Å². The molecule has 2 aliphatic heterocycles. The molecule has 1 saturated heterocycles. The van der Waals surface area contributed by atoms with Crippen LogP contribution in [0.15, 0.2) is 24.3 Å². The van der Waals surface area contributed by atoms with Gasteiger partial charge in [0.25, 0.3) is 0 Å². The summed E-state index contributed by atoms with van der Waals surface area (Å²) >= 11 is 0. The Balaban J connectivity index is 1.18. The molecule has 1 aromatic heterocycles. The van der Waals surface area contributed by atoms with E-state index in [0.717, 1.165) is 31.2 Å². The Kier molecular flexibility index (Phi) is 7.46. The fourth-order valence-corrected chi connectivity index (χ4v) is 5.42. The van der Waals surface area contributed by atoms with Crippen LogP contribution >= 0.6 is 0 Å². The Morgan fingerprint density at radius 1 is 0.971 bits per heavy atom. The van der Waals surface area contributed by atoms with E-state index < -0.39 is 0 Å². The fraction of sp³-hybridized carbons (Fsp3) is 0.577. The maximum absolute atomic E-state index is 12.7. The van der Waals surface area contributed by atoms with Gasteiger partial charge in [-0.2, -0.15) is 9.97 Å². The van der Waals surface area contributed by atoms with E-state index in [-0.39, 0.29) is 18.3 Å². The summed E-state index contributed by atoms with van der Waals surface area (Å²) in [6, 6.07) is 9.55. The Morgan fingerprint density at radius 2 is 1.66 bits per heavy atom. The highest BCUT2D eigenvalue weighted by Gasteiger charge is 2.32. The number of nitrogen functional groups attached to an aromatic ring is 1. The average molecular weight is 481 g/mol. The number of nitrogens with two attached hydrogens (primary N) is 1. The van der Waals surface area contributed by atoms with E-state index in [9.17, 15) is 4.79 Å². The van der Waals surface area contributed by atoms with Crippen LogP contribution in [0, 0.1) is 0 Å². The number of fused-ring (bicyclic) bond motifs is 1. The maximum atomic E-state index is 12.7. The highest BCUT2D eigenvalue weighted by Crippen LogP contribution is 2.33. The molecule has 1 saturated carbocycles. The lowest BCUT2D eigenvalue weighted by molar-refractivity contribution is -0.117. The first-order chi connectivity index (χ1) is 17.1. The molecule has 1 aromatic carbocycles. The van der Waals surface area contributed by atoms with Crippen LogP contribution in [0.25, 0.3) is 0 Å². The summed E-state index contributed by atoms with van der Waals surface area (Å²) in [5, 5.41) is 0. The van der Waals surface area contributed by atoms with Gasteiger partial charge in [0.1, 0.15) is 18.2 Å². The molecule has 1 amide bonds. The molecular weight excluding hydrogens is 444 g/mol. The number of aromatic nitrogens is 2. The van der Waals surface area contributed by atoms with Crippen LogP contribution in [-0.4, -0.2) is 78.2 Å². The van der Waals surface area contributed by atoms with Crippen LogP contribution in [0.5, 0.6) is 6.01 Å². The minimum absolute atomic E-state index is 0.0285. The van der Waals surface area contributed by atoms with Crippen molar-refractivity contribution in [3.8, 4) is 6.01 Å². The number of piperazine rings is 1. The van der Waals surface area contributed by atoms with Crippen molar-refractivity contribution < 1.29 is 14.3 Å². The van der Waals surface area contributed by atoms with Crippen molar-refractivity contribution in [2.24, 2.45) is 0 Å². The summed E-state index contributed by atoms with van der Waals surface area (Å²) < 4.78 is 10.5. The number of ether oxygens (including phenoxy) is 2. The van der Waals surface area contributed by atoms with Gasteiger partial charge in [-0.25, -0.2) is 0 Å². The summed E-state index contributed by atoms with van der Waals surface area (Å²) in [7, 11) is 1.60. The van der Waals surface area contributed by atoms with Crippen LogP contribution < -0.4 is 15.4 Å². The van der Waals surface area contributed by atoms with Crippen molar-refractivity contribution in [1.29, 1.82) is 0 Å². The number of carbonyl (C=O) groups excluding carboxylic acids is 1. The van der Waals surface area contributed by atoms with Crippen LogP contribution in [-0.2, 0) is 29.0 Å². The fourth-order valence-electron chi connectivity index (χ4n) is 5.42. The minimum atomic E-state index is -0.0285. The highest BCUT2D eigenvalue weighted by atomic mass is 16.5. The molecule has 2 aromatic rings. The molecule has 0 bridgehead atoms. The molecule has 2 fully saturated rings. The molecule has 3 heterocycles. The predicted molar refractivity (Wildman–Crippen MR) is 134 cm³/mol. The van der Waals surface area contributed by atoms with Gasteiger partial charge < -0.3 is 15.2 Å². The van der Waals surface area contributed by atoms with Crippen LogP contribution in [0.1, 0.15) is 42.4 Å². The predicted octanol–water partition coefficient (Wildman–Crippen LogP) is 2.23. The molecular formula is C26H36N6O3. The van der Waals surface area contributed by atoms with Gasteiger partial charge >= 0.3 is 6.01 Å². The Hall–Kier alpha value is -2.75. The molecule has 35 heavy (non-hydrogen) atoms. The molecule has 0 radical (unpaired) electrons. The zero-order valence-corrected chi connectivity index (χ0v) is 20.6. The quantitative estimate of drug-likeness (QED) is 0.546. The zero-order chi connectivity index (χ0) is 24.2. The number of nitrogens with zero attached hydrogens (tertiary/aromatic N) is 5. The average Bonchev–Trinajstić information content (AvgIpc) is 3.51. The lowest BCUT2D eigenvalue weighted by atomic mass is 10.1. The number of hydrogen-bond donors (Lipinski definition) is 1. The van der Waals surface area contributed by atoms with Gasteiger partial charge in [0, 0.05) is 51.4 Å². The van der Waals surface area contributed by atoms with E-state index >= 15 is 0 Å². The van der Waals surface area contributed by atoms with Gasteiger partial charge in [0.05, 0.1) is 19.6 Å². The van der Waals surface area contributed by atoms with Gasteiger partial charge in [-0.15, -0.1) is 0 Å². The third-order valence-corrected chi connectivity index (χ3v) is 7.42. The molecule has 5 rings (SSSR count). The van der Waals surface area contributed by atoms with Gasteiger partial charge in [0.15, 0.2) is 0 Å². The number of carbonyl (C=O) groups is 1. The number of methoxy groups -OCH3 is 1. The molecule has 0 unspecified atom stereocenters. The Morgan fingerprint density at radius 3 is 2.34 bits per heavy atom. The van der Waals surface area contributed by atoms with E-state index in [0.29, 0.717) is 37.0 Å². The molecule has 2 N–H and O–H groups in total. The highest BCUT2D eigenvalue weighted by molar-refractivity contribution is 6.01. The number of hydrogen-bond acceptors (Lipinski definition) is 8. The second-order valence-electron chi connectivity index (χ2n) is 9.76. The maximum Gasteiger partial charge on any atom is 0.320 e. The first kappa shape index (κ1) is 24.0. The summed E-state index contributed by atoms with van der Waals surface area (Å²) in [5.41, 5.74) is 9.13. The Labute approximate surface area is 207 Å². The smallest absolute Gasteiger partial charge is 0.320 e. The standard InChI is InChI=1S/C26H36N6O3/c1-34-14-15-35-26-28-24(27)22-16-23(33)32(25(22)29-26)18-20-8-6-19(7-9-20)17-30-10-12-31(13-11-30)21-4-2-3-5-21/h6-9,21H,2-5,10-18H2,1H3,(H2,27,28,29). The van der Waals surface area contributed by atoms with Gasteiger partial charge in [-0.3, -0.25) is 19.5 Å². The number of benzene rings is 1. The van der Waals surface area contributed by atoms with Gasteiger partial charge in [-0.1, -0.05) is 37.1 Å². The first-order valence-electron chi connectivity index (χ1n) is 12.7.